The summed E-state index contributed by atoms with van der Waals surface area (Å²) in [7, 11) is 3.91. The molecule has 2 aromatic rings. The van der Waals surface area contributed by atoms with Crippen molar-refractivity contribution in [1.82, 2.24) is 0 Å². The van der Waals surface area contributed by atoms with Crippen molar-refractivity contribution >= 4 is 34.6 Å². The summed E-state index contributed by atoms with van der Waals surface area (Å²) in [5.41, 5.74) is 3.46. The molecular weight excluding hydrogens is 348 g/mol. The number of benzene rings is 1. The average molecular weight is 372 g/mol. The van der Waals surface area contributed by atoms with E-state index in [1.165, 1.54) is 4.88 Å². The number of hydrogen-bond donors (Lipinski definition) is 1. The van der Waals surface area contributed by atoms with Gasteiger partial charge in [-0.3, -0.25) is 4.79 Å². The number of amides is 1. The lowest BCUT2D eigenvalue weighted by molar-refractivity contribution is -0.119. The van der Waals surface area contributed by atoms with Gasteiger partial charge in [0.2, 0.25) is 0 Å². The summed E-state index contributed by atoms with van der Waals surface area (Å²) in [6.07, 6.45) is 3.03. The normalized spacial score (nSPS) is 15.9. The predicted molar refractivity (Wildman–Crippen MR) is 105 cm³/mol. The molecule has 1 aromatic heterocycles. The van der Waals surface area contributed by atoms with Gasteiger partial charge in [0.25, 0.3) is 5.91 Å². The highest BCUT2D eigenvalue weighted by Crippen LogP contribution is 2.33. The molecule has 1 aliphatic carbocycles. The van der Waals surface area contributed by atoms with E-state index in [4.69, 9.17) is 4.74 Å². The van der Waals surface area contributed by atoms with Gasteiger partial charge in [-0.15, -0.1) is 11.3 Å². The first-order valence-corrected chi connectivity index (χ1v) is 9.65. The smallest absolute Gasteiger partial charge is 0.339 e. The van der Waals surface area contributed by atoms with Gasteiger partial charge in [0.1, 0.15) is 0 Å². The van der Waals surface area contributed by atoms with Gasteiger partial charge in [0, 0.05) is 35.7 Å². The van der Waals surface area contributed by atoms with Gasteiger partial charge >= 0.3 is 5.97 Å². The first-order valence-electron chi connectivity index (χ1n) is 8.77. The van der Waals surface area contributed by atoms with E-state index < -0.39 is 5.97 Å². The quantitative estimate of drug-likeness (QED) is 0.813. The van der Waals surface area contributed by atoms with E-state index in [0.29, 0.717) is 17.2 Å². The highest BCUT2D eigenvalue weighted by molar-refractivity contribution is 7.10. The minimum Gasteiger partial charge on any atom is -0.452 e. The number of esters is 1. The molecule has 0 bridgehead atoms. The molecule has 1 aromatic carbocycles. The maximum atomic E-state index is 12.3. The molecule has 1 atom stereocenters. The van der Waals surface area contributed by atoms with Gasteiger partial charge in [-0.25, -0.2) is 4.79 Å². The Morgan fingerprint density at radius 3 is 2.69 bits per heavy atom. The summed E-state index contributed by atoms with van der Waals surface area (Å²) in [5.74, 6) is -0.0847. The average Bonchev–Trinajstić information content (AvgIpc) is 3.03. The van der Waals surface area contributed by atoms with E-state index >= 15 is 0 Å². The number of carbonyl (C=O) groups is 2. The van der Waals surface area contributed by atoms with Crippen LogP contribution in [0, 0.1) is 5.92 Å². The van der Waals surface area contributed by atoms with Crippen LogP contribution in [-0.2, 0) is 22.4 Å². The van der Waals surface area contributed by atoms with Crippen molar-refractivity contribution in [2.75, 3.05) is 30.9 Å². The number of nitrogens with one attached hydrogen (secondary N) is 1. The van der Waals surface area contributed by atoms with Crippen LogP contribution < -0.4 is 10.2 Å². The van der Waals surface area contributed by atoms with Crippen molar-refractivity contribution in [2.24, 2.45) is 5.92 Å². The Balaban J connectivity index is 1.54. The predicted octanol–water partition coefficient (Wildman–Crippen LogP) is 3.73. The molecule has 1 heterocycles. The number of anilines is 2. The Morgan fingerprint density at radius 1 is 1.27 bits per heavy atom. The third-order valence-electron chi connectivity index (χ3n) is 4.62. The number of rotatable bonds is 5. The van der Waals surface area contributed by atoms with Crippen LogP contribution in [-0.4, -0.2) is 32.6 Å². The molecule has 0 saturated heterocycles. The number of thiophene rings is 1. The number of hydrogen-bond acceptors (Lipinski definition) is 5. The first-order chi connectivity index (χ1) is 12.4. The molecule has 5 nitrogen and oxygen atoms in total. The molecule has 0 spiro atoms. The number of fused-ring (bicyclic) bond motifs is 1. The number of nitrogens with zero attached hydrogens (tertiary/aromatic N) is 1. The zero-order valence-corrected chi connectivity index (χ0v) is 16.2. The number of carbonyl (C=O) groups excluding carboxylic acids is 2. The minimum absolute atomic E-state index is 0.282. The zero-order chi connectivity index (χ0) is 18.7. The standard InChI is InChI=1S/C20H24N2O3S/c1-13-4-9-16-17(12-26-18(16)10-13)20(24)25-11-19(23)21-14-5-7-15(8-6-14)22(2)3/h5-8,12-13H,4,9-11H2,1-3H3,(H,21,23)/t13-/m1/s1. The maximum Gasteiger partial charge on any atom is 0.339 e. The topological polar surface area (TPSA) is 58.6 Å². The van der Waals surface area contributed by atoms with Crippen LogP contribution in [0.2, 0.25) is 0 Å². The monoisotopic (exact) mass is 372 g/mol. The van der Waals surface area contributed by atoms with Crippen molar-refractivity contribution < 1.29 is 14.3 Å². The molecule has 0 unspecified atom stereocenters. The Hall–Kier alpha value is -2.34. The third-order valence-corrected chi connectivity index (χ3v) is 5.67. The fourth-order valence-corrected chi connectivity index (χ4v) is 4.33. The van der Waals surface area contributed by atoms with E-state index in [0.717, 1.165) is 30.5 Å². The van der Waals surface area contributed by atoms with Crippen LogP contribution in [0.1, 0.15) is 34.1 Å². The Morgan fingerprint density at radius 2 is 2.00 bits per heavy atom. The molecule has 1 N–H and O–H groups in total. The second-order valence-corrected chi connectivity index (χ2v) is 7.93. The maximum absolute atomic E-state index is 12.3. The van der Waals surface area contributed by atoms with Crippen molar-refractivity contribution in [3.8, 4) is 0 Å². The second-order valence-electron chi connectivity index (χ2n) is 6.96. The van der Waals surface area contributed by atoms with E-state index in [-0.39, 0.29) is 12.5 Å². The highest BCUT2D eigenvalue weighted by atomic mass is 32.1. The molecule has 3 rings (SSSR count). The van der Waals surface area contributed by atoms with Crippen molar-refractivity contribution in [3.05, 3.63) is 45.6 Å². The Labute approximate surface area is 158 Å². The molecule has 6 heteroatoms. The van der Waals surface area contributed by atoms with Crippen molar-refractivity contribution in [2.45, 2.75) is 26.2 Å². The van der Waals surface area contributed by atoms with Crippen LogP contribution in [0.15, 0.2) is 29.6 Å². The molecule has 0 aliphatic heterocycles. The van der Waals surface area contributed by atoms with Crippen LogP contribution in [0.5, 0.6) is 0 Å². The Kier molecular flexibility index (Phi) is 5.61. The fraction of sp³-hybridized carbons (Fsp3) is 0.400. The summed E-state index contributed by atoms with van der Waals surface area (Å²) in [6.45, 7) is 1.95. The number of ether oxygens (including phenoxy) is 1. The van der Waals surface area contributed by atoms with Gasteiger partial charge < -0.3 is 15.0 Å². The molecule has 0 fully saturated rings. The lowest BCUT2D eigenvalue weighted by atomic mass is 9.88. The molecule has 138 valence electrons. The minimum atomic E-state index is -0.407. The molecule has 0 radical (unpaired) electrons. The van der Waals surface area contributed by atoms with E-state index in [9.17, 15) is 9.59 Å². The molecule has 0 saturated carbocycles. The van der Waals surface area contributed by atoms with Gasteiger partial charge in [-0.1, -0.05) is 6.92 Å². The molecule has 1 amide bonds. The van der Waals surface area contributed by atoms with Crippen LogP contribution in [0.4, 0.5) is 11.4 Å². The van der Waals surface area contributed by atoms with E-state index in [1.54, 1.807) is 11.3 Å². The zero-order valence-electron chi connectivity index (χ0n) is 15.4. The van der Waals surface area contributed by atoms with Gasteiger partial charge in [0.05, 0.1) is 5.56 Å². The van der Waals surface area contributed by atoms with Gasteiger partial charge in [-0.2, -0.15) is 0 Å². The molecule has 1 aliphatic rings. The van der Waals surface area contributed by atoms with Crippen molar-refractivity contribution in [3.63, 3.8) is 0 Å². The SMILES string of the molecule is C[C@@H]1CCc2c(C(=O)OCC(=O)Nc3ccc(N(C)C)cc3)csc2C1. The molecule has 26 heavy (non-hydrogen) atoms. The van der Waals surface area contributed by atoms with Gasteiger partial charge in [0.15, 0.2) is 6.61 Å². The van der Waals surface area contributed by atoms with Crippen molar-refractivity contribution in [1.29, 1.82) is 0 Å². The van der Waals surface area contributed by atoms with Crippen LogP contribution >= 0.6 is 11.3 Å². The summed E-state index contributed by atoms with van der Waals surface area (Å²) in [6, 6.07) is 7.48. The fourth-order valence-electron chi connectivity index (χ4n) is 3.10. The summed E-state index contributed by atoms with van der Waals surface area (Å²) in [5, 5.41) is 4.61. The largest absolute Gasteiger partial charge is 0.452 e. The molecular formula is C20H24N2O3S. The van der Waals surface area contributed by atoms with Crippen LogP contribution in [0.3, 0.4) is 0 Å². The first kappa shape index (κ1) is 18.5. The Bertz CT molecular complexity index is 796. The lowest BCUT2D eigenvalue weighted by Crippen LogP contribution is -2.21. The summed E-state index contributed by atoms with van der Waals surface area (Å²) in [4.78, 5) is 27.6. The van der Waals surface area contributed by atoms with E-state index in [2.05, 4.69) is 12.2 Å². The summed E-state index contributed by atoms with van der Waals surface area (Å²) < 4.78 is 5.22. The third kappa shape index (κ3) is 4.25. The highest BCUT2D eigenvalue weighted by Gasteiger charge is 2.24. The summed E-state index contributed by atoms with van der Waals surface area (Å²) >= 11 is 1.62. The van der Waals surface area contributed by atoms with Gasteiger partial charge in [-0.05, 0) is 55.0 Å². The van der Waals surface area contributed by atoms with E-state index in [1.807, 2.05) is 48.6 Å². The van der Waals surface area contributed by atoms with Crippen LogP contribution in [0.25, 0.3) is 0 Å². The second kappa shape index (κ2) is 7.91. The lowest BCUT2D eigenvalue weighted by Gasteiger charge is -2.18.